The number of amides is 1. The Kier molecular flexibility index (Phi) is 4.24. The van der Waals surface area contributed by atoms with Crippen LogP contribution in [0.1, 0.15) is 48.5 Å². The summed E-state index contributed by atoms with van der Waals surface area (Å²) in [6.45, 7) is 2.92. The van der Waals surface area contributed by atoms with Crippen molar-refractivity contribution < 1.29 is 18.7 Å². The van der Waals surface area contributed by atoms with Crippen LogP contribution < -0.4 is 19.7 Å². The summed E-state index contributed by atoms with van der Waals surface area (Å²) in [4.78, 5) is 24.2. The van der Waals surface area contributed by atoms with E-state index in [0.29, 0.717) is 47.4 Å². The largest absolute Gasteiger partial charge is 0.486 e. The molecule has 0 saturated heterocycles. The molecule has 1 spiro atoms. The zero-order valence-corrected chi connectivity index (χ0v) is 17.7. The minimum atomic E-state index is -0.423. The first-order valence-corrected chi connectivity index (χ1v) is 10.9. The summed E-state index contributed by atoms with van der Waals surface area (Å²) in [5.74, 6) is 0.863. The van der Waals surface area contributed by atoms with Crippen LogP contribution >= 0.6 is 0 Å². The van der Waals surface area contributed by atoms with Crippen LogP contribution in [0.2, 0.25) is 0 Å². The lowest BCUT2D eigenvalue weighted by Gasteiger charge is -2.45. The first-order valence-electron chi connectivity index (χ1n) is 10.9. The van der Waals surface area contributed by atoms with E-state index in [2.05, 4.69) is 20.3 Å². The second-order valence-corrected chi connectivity index (χ2v) is 8.86. The van der Waals surface area contributed by atoms with Gasteiger partial charge in [0.2, 0.25) is 5.88 Å². The molecule has 5 heterocycles. The minimum Gasteiger partial charge on any atom is -0.486 e. The van der Waals surface area contributed by atoms with Gasteiger partial charge in [0.25, 0.3) is 5.91 Å². The molecule has 0 radical (unpaired) electrons. The third-order valence-corrected chi connectivity index (χ3v) is 6.61. The number of anilines is 1. The van der Waals surface area contributed by atoms with Gasteiger partial charge >= 0.3 is 0 Å². The van der Waals surface area contributed by atoms with Crippen molar-refractivity contribution in [1.82, 2.24) is 24.9 Å². The van der Waals surface area contributed by atoms with Crippen molar-refractivity contribution in [3.63, 3.8) is 0 Å². The number of carbonyl (C=O) groups excluding carboxylic acids is 1. The number of hydrogen-bond acceptors (Lipinski definition) is 7. The predicted molar refractivity (Wildman–Crippen MR) is 112 cm³/mol. The molecule has 1 amide bonds. The predicted octanol–water partition coefficient (Wildman–Crippen LogP) is 2.49. The summed E-state index contributed by atoms with van der Waals surface area (Å²) in [6, 6.07) is 1.17. The molecule has 3 aliphatic rings. The smallest absolute Gasteiger partial charge is 0.257 e. The standard InChI is InChI=1S/C22H23FN6O3/c1-13-11-31-21-14(6-15(23)7-24-21)9-28-19-17(32-12-22(28)4-2-3-5-22)10-29-18(27-19)16(8-25-29)20(30)26-13/h6-8,10,13H,2-5,9,11-12H2,1H3,(H,26,30)/t13-/m1/s1. The molecule has 3 aromatic heterocycles. The van der Waals surface area contributed by atoms with E-state index in [-0.39, 0.29) is 24.1 Å². The normalized spacial score (nSPS) is 21.9. The molecule has 6 rings (SSSR count). The Morgan fingerprint density at radius 2 is 2.09 bits per heavy atom. The van der Waals surface area contributed by atoms with Gasteiger partial charge in [-0.2, -0.15) is 5.10 Å². The summed E-state index contributed by atoms with van der Waals surface area (Å²) in [6.07, 6.45) is 8.48. The zero-order valence-electron chi connectivity index (χ0n) is 17.7. The lowest BCUT2D eigenvalue weighted by Crippen LogP contribution is -2.54. The lowest BCUT2D eigenvalue weighted by molar-refractivity contribution is 0.0927. The second kappa shape index (κ2) is 7.04. The Bertz CT molecular complexity index is 1220. The van der Waals surface area contributed by atoms with Crippen LogP contribution in [0.5, 0.6) is 11.6 Å². The minimum absolute atomic E-state index is 0.201. The van der Waals surface area contributed by atoms with Gasteiger partial charge in [-0.1, -0.05) is 12.8 Å². The highest BCUT2D eigenvalue weighted by atomic mass is 19.1. The van der Waals surface area contributed by atoms with Crippen molar-refractivity contribution >= 4 is 17.4 Å². The van der Waals surface area contributed by atoms with Crippen LogP contribution in [-0.2, 0) is 6.54 Å². The van der Waals surface area contributed by atoms with Crippen LogP contribution in [0.25, 0.3) is 5.65 Å². The van der Waals surface area contributed by atoms with Gasteiger partial charge in [0.1, 0.15) is 24.6 Å². The van der Waals surface area contributed by atoms with E-state index >= 15 is 0 Å². The van der Waals surface area contributed by atoms with E-state index in [1.807, 2.05) is 6.92 Å². The fourth-order valence-electron chi connectivity index (χ4n) is 4.98. The number of pyridine rings is 1. The molecule has 2 bridgehead atoms. The maximum atomic E-state index is 14.2. The molecule has 1 atom stereocenters. The third-order valence-electron chi connectivity index (χ3n) is 6.61. The van der Waals surface area contributed by atoms with Crippen molar-refractivity contribution in [2.45, 2.75) is 50.7 Å². The van der Waals surface area contributed by atoms with Gasteiger partial charge in [-0.3, -0.25) is 4.79 Å². The van der Waals surface area contributed by atoms with E-state index in [4.69, 9.17) is 14.5 Å². The Hall–Kier alpha value is -3.43. The number of ether oxygens (including phenoxy) is 2. The van der Waals surface area contributed by atoms with Gasteiger partial charge in [-0.25, -0.2) is 18.9 Å². The van der Waals surface area contributed by atoms with Gasteiger partial charge in [-0.05, 0) is 25.8 Å². The first kappa shape index (κ1) is 19.3. The van der Waals surface area contributed by atoms with Gasteiger partial charge in [0.15, 0.2) is 17.2 Å². The molecular formula is C22H23FN6O3. The number of carbonyl (C=O) groups is 1. The summed E-state index contributed by atoms with van der Waals surface area (Å²) in [5.41, 5.74) is 1.22. The van der Waals surface area contributed by atoms with E-state index < -0.39 is 5.82 Å². The van der Waals surface area contributed by atoms with E-state index in [9.17, 15) is 9.18 Å². The fourth-order valence-corrected chi connectivity index (χ4v) is 4.98. The number of fused-ring (bicyclic) bond motifs is 2. The monoisotopic (exact) mass is 438 g/mol. The number of rotatable bonds is 0. The zero-order chi connectivity index (χ0) is 21.9. The summed E-state index contributed by atoms with van der Waals surface area (Å²) in [5, 5.41) is 7.22. The van der Waals surface area contributed by atoms with Crippen molar-refractivity contribution in [3.8, 4) is 11.6 Å². The molecule has 1 fully saturated rings. The second-order valence-electron chi connectivity index (χ2n) is 8.86. The quantitative estimate of drug-likeness (QED) is 0.576. The molecular weight excluding hydrogens is 415 g/mol. The summed E-state index contributed by atoms with van der Waals surface area (Å²) < 4.78 is 27.9. The number of nitrogens with zero attached hydrogens (tertiary/aromatic N) is 5. The van der Waals surface area contributed by atoms with Crippen LogP contribution in [-0.4, -0.2) is 50.3 Å². The third kappa shape index (κ3) is 2.96. The molecule has 2 aliphatic heterocycles. The van der Waals surface area contributed by atoms with Gasteiger partial charge < -0.3 is 19.7 Å². The molecule has 1 aliphatic carbocycles. The molecule has 1 saturated carbocycles. The molecule has 3 aromatic rings. The highest BCUT2D eigenvalue weighted by Gasteiger charge is 2.46. The van der Waals surface area contributed by atoms with E-state index in [1.165, 1.54) is 12.3 Å². The molecule has 166 valence electrons. The summed E-state index contributed by atoms with van der Waals surface area (Å²) >= 11 is 0. The molecule has 9 nitrogen and oxygen atoms in total. The van der Waals surface area contributed by atoms with Crippen molar-refractivity contribution in [3.05, 3.63) is 41.6 Å². The Morgan fingerprint density at radius 1 is 1.25 bits per heavy atom. The average Bonchev–Trinajstić information content (AvgIpc) is 3.41. The highest BCUT2D eigenvalue weighted by Crippen LogP contribution is 2.46. The molecule has 1 N–H and O–H groups in total. The van der Waals surface area contributed by atoms with Crippen LogP contribution in [0, 0.1) is 5.82 Å². The molecule has 0 aromatic carbocycles. The Labute approximate surface area is 183 Å². The topological polar surface area (TPSA) is 93.9 Å². The maximum absolute atomic E-state index is 14.2. The fraction of sp³-hybridized carbons (Fsp3) is 0.455. The van der Waals surface area contributed by atoms with Gasteiger partial charge in [0.05, 0.1) is 36.7 Å². The van der Waals surface area contributed by atoms with Crippen molar-refractivity contribution in [2.24, 2.45) is 0 Å². The van der Waals surface area contributed by atoms with Crippen LogP contribution in [0.3, 0.4) is 0 Å². The van der Waals surface area contributed by atoms with E-state index in [1.54, 1.807) is 10.7 Å². The number of nitrogens with one attached hydrogen (secondary N) is 1. The van der Waals surface area contributed by atoms with Gasteiger partial charge in [-0.15, -0.1) is 0 Å². The number of hydrogen-bond donors (Lipinski definition) is 1. The van der Waals surface area contributed by atoms with E-state index in [0.717, 1.165) is 31.9 Å². The summed E-state index contributed by atoms with van der Waals surface area (Å²) in [7, 11) is 0. The number of aromatic nitrogens is 4. The van der Waals surface area contributed by atoms with Crippen LogP contribution in [0.15, 0.2) is 24.7 Å². The lowest BCUT2D eigenvalue weighted by atomic mass is 9.93. The van der Waals surface area contributed by atoms with Crippen molar-refractivity contribution in [1.29, 1.82) is 0 Å². The van der Waals surface area contributed by atoms with Gasteiger partial charge in [0, 0.05) is 5.56 Å². The van der Waals surface area contributed by atoms with Crippen LogP contribution in [0.4, 0.5) is 10.2 Å². The highest BCUT2D eigenvalue weighted by molar-refractivity contribution is 6.00. The maximum Gasteiger partial charge on any atom is 0.257 e. The Balaban J connectivity index is 1.57. The Morgan fingerprint density at radius 3 is 2.94 bits per heavy atom. The SMILES string of the molecule is C[C@@H]1COc2ncc(F)cc2CN2c3nc4c(cnn4cc3OCC23CCCC3)C(=O)N1. The number of halogens is 1. The van der Waals surface area contributed by atoms with Crippen molar-refractivity contribution in [2.75, 3.05) is 18.1 Å². The average molecular weight is 438 g/mol. The first-order chi connectivity index (χ1) is 15.5. The molecule has 32 heavy (non-hydrogen) atoms. The molecule has 0 unspecified atom stereocenters. The molecule has 10 heteroatoms.